The summed E-state index contributed by atoms with van der Waals surface area (Å²) in [6, 6.07) is 9.86. The van der Waals surface area contributed by atoms with E-state index < -0.39 is 0 Å². The summed E-state index contributed by atoms with van der Waals surface area (Å²) in [5, 5.41) is 16.3. The van der Waals surface area contributed by atoms with Gasteiger partial charge in [-0.15, -0.1) is 0 Å². The van der Waals surface area contributed by atoms with E-state index in [0.29, 0.717) is 13.1 Å². The number of aliphatic hydroxyl groups excluding tert-OH is 1. The van der Waals surface area contributed by atoms with Gasteiger partial charge in [0.2, 0.25) is 0 Å². The highest BCUT2D eigenvalue weighted by Gasteiger charge is 2.06. The van der Waals surface area contributed by atoms with Crippen LogP contribution in [0.3, 0.4) is 0 Å². The molecule has 0 amide bonds. The summed E-state index contributed by atoms with van der Waals surface area (Å²) >= 11 is 6.15. The fourth-order valence-electron chi connectivity index (χ4n) is 2.07. The van der Waals surface area contributed by atoms with Gasteiger partial charge in [-0.1, -0.05) is 23.7 Å². The van der Waals surface area contributed by atoms with Gasteiger partial charge in [0, 0.05) is 30.2 Å². The maximum Gasteiger partial charge on any atom is 0.134 e. The van der Waals surface area contributed by atoms with E-state index >= 15 is 0 Å². The molecular formula is C17H23Cl3N2O2-2. The third-order valence-electron chi connectivity index (χ3n) is 3.34. The van der Waals surface area contributed by atoms with E-state index in [4.69, 9.17) is 21.1 Å². The lowest BCUT2D eigenvalue weighted by atomic mass is 10.1. The Bertz CT molecular complexity index is 603. The molecule has 2 rings (SSSR count). The SMILES string of the molecule is Cc1ccc(-c2ccc(CNCCNCC(C)O)o2)cc1Cl.[Cl-].[Cl-]. The van der Waals surface area contributed by atoms with Gasteiger partial charge in [-0.05, 0) is 37.6 Å². The Kier molecular flexibility index (Phi) is 11.4. The zero-order chi connectivity index (χ0) is 15.9. The molecule has 0 spiro atoms. The molecule has 0 radical (unpaired) electrons. The van der Waals surface area contributed by atoms with Crippen LogP contribution in [0, 0.1) is 6.92 Å². The van der Waals surface area contributed by atoms with E-state index in [-0.39, 0.29) is 30.9 Å². The normalized spacial score (nSPS) is 11.5. The lowest BCUT2D eigenvalue weighted by molar-refractivity contribution is -0.001000. The molecule has 1 atom stereocenters. The lowest BCUT2D eigenvalue weighted by Crippen LogP contribution is -3.00. The van der Waals surface area contributed by atoms with Gasteiger partial charge < -0.3 is 45.0 Å². The van der Waals surface area contributed by atoms with Gasteiger partial charge in [-0.2, -0.15) is 0 Å². The van der Waals surface area contributed by atoms with Gasteiger partial charge in [0.05, 0.1) is 12.6 Å². The topological polar surface area (TPSA) is 57.4 Å². The second kappa shape index (κ2) is 11.7. The molecule has 1 heterocycles. The van der Waals surface area contributed by atoms with Crippen molar-refractivity contribution in [3.8, 4) is 11.3 Å². The van der Waals surface area contributed by atoms with Crippen molar-refractivity contribution in [2.45, 2.75) is 26.5 Å². The van der Waals surface area contributed by atoms with Crippen molar-refractivity contribution in [2.75, 3.05) is 19.6 Å². The van der Waals surface area contributed by atoms with Crippen LogP contribution in [0.1, 0.15) is 18.2 Å². The zero-order valence-corrected chi connectivity index (χ0v) is 16.0. The number of rotatable bonds is 8. The third-order valence-corrected chi connectivity index (χ3v) is 3.74. The number of hydrogen-bond acceptors (Lipinski definition) is 4. The molecule has 3 N–H and O–H groups in total. The van der Waals surface area contributed by atoms with E-state index in [1.807, 2.05) is 37.3 Å². The van der Waals surface area contributed by atoms with Crippen LogP contribution in [0.2, 0.25) is 5.02 Å². The minimum Gasteiger partial charge on any atom is -1.00 e. The summed E-state index contributed by atoms with van der Waals surface area (Å²) in [6.07, 6.45) is -0.311. The molecule has 7 heteroatoms. The van der Waals surface area contributed by atoms with Crippen LogP contribution in [-0.2, 0) is 6.54 Å². The number of aryl methyl sites for hydroxylation is 1. The first-order valence-electron chi connectivity index (χ1n) is 7.51. The predicted octanol–water partition coefficient (Wildman–Crippen LogP) is -3.02. The maximum atomic E-state index is 9.13. The average molecular weight is 394 g/mol. The van der Waals surface area contributed by atoms with Crippen molar-refractivity contribution in [1.29, 1.82) is 0 Å². The number of benzene rings is 1. The molecule has 0 fully saturated rings. The maximum absolute atomic E-state index is 9.13. The van der Waals surface area contributed by atoms with Crippen LogP contribution in [0.15, 0.2) is 34.7 Å². The van der Waals surface area contributed by atoms with Gasteiger partial charge in [-0.3, -0.25) is 0 Å². The number of halogens is 3. The van der Waals surface area contributed by atoms with E-state index in [1.165, 1.54) is 0 Å². The predicted molar refractivity (Wildman–Crippen MR) is 90.1 cm³/mol. The van der Waals surface area contributed by atoms with Gasteiger partial charge in [0.15, 0.2) is 0 Å². The molecule has 0 bridgehead atoms. The quantitative estimate of drug-likeness (QED) is 0.418. The molecule has 136 valence electrons. The molecule has 1 unspecified atom stereocenters. The average Bonchev–Trinajstić information content (AvgIpc) is 2.94. The summed E-state index contributed by atoms with van der Waals surface area (Å²) < 4.78 is 5.83. The fraction of sp³-hybridized carbons (Fsp3) is 0.412. The summed E-state index contributed by atoms with van der Waals surface area (Å²) in [5.74, 6) is 1.72. The first-order chi connectivity index (χ1) is 10.6. The van der Waals surface area contributed by atoms with Crippen molar-refractivity contribution in [3.05, 3.63) is 46.7 Å². The summed E-state index contributed by atoms with van der Waals surface area (Å²) in [5.41, 5.74) is 2.05. The van der Waals surface area contributed by atoms with Crippen molar-refractivity contribution >= 4 is 11.6 Å². The van der Waals surface area contributed by atoms with E-state index in [1.54, 1.807) is 6.92 Å². The van der Waals surface area contributed by atoms with Crippen molar-refractivity contribution in [3.63, 3.8) is 0 Å². The highest BCUT2D eigenvalue weighted by atomic mass is 35.5. The molecule has 0 saturated carbocycles. The Morgan fingerprint density at radius 3 is 2.50 bits per heavy atom. The highest BCUT2D eigenvalue weighted by molar-refractivity contribution is 6.31. The summed E-state index contributed by atoms with van der Waals surface area (Å²) in [4.78, 5) is 0. The largest absolute Gasteiger partial charge is 1.00 e. The molecule has 24 heavy (non-hydrogen) atoms. The number of aliphatic hydroxyl groups is 1. The minimum atomic E-state index is -0.311. The van der Waals surface area contributed by atoms with Crippen molar-refractivity contribution in [1.82, 2.24) is 10.6 Å². The minimum absolute atomic E-state index is 0. The van der Waals surface area contributed by atoms with Crippen LogP contribution in [0.25, 0.3) is 11.3 Å². The van der Waals surface area contributed by atoms with Gasteiger partial charge >= 0.3 is 0 Å². The van der Waals surface area contributed by atoms with Crippen LogP contribution in [0.5, 0.6) is 0 Å². The molecule has 1 aromatic heterocycles. The second-order valence-electron chi connectivity index (χ2n) is 5.46. The van der Waals surface area contributed by atoms with Crippen LogP contribution < -0.4 is 35.4 Å². The van der Waals surface area contributed by atoms with E-state index in [0.717, 1.165) is 40.8 Å². The smallest absolute Gasteiger partial charge is 0.134 e. The molecule has 0 aliphatic rings. The molecule has 0 aliphatic carbocycles. The monoisotopic (exact) mass is 392 g/mol. The van der Waals surface area contributed by atoms with Gasteiger partial charge in [0.25, 0.3) is 0 Å². The van der Waals surface area contributed by atoms with Crippen LogP contribution >= 0.6 is 11.6 Å². The summed E-state index contributed by atoms with van der Waals surface area (Å²) in [7, 11) is 0. The third kappa shape index (κ3) is 7.43. The van der Waals surface area contributed by atoms with E-state index in [2.05, 4.69) is 10.6 Å². The molecular weight excluding hydrogens is 371 g/mol. The molecule has 0 aliphatic heterocycles. The van der Waals surface area contributed by atoms with Crippen LogP contribution in [-0.4, -0.2) is 30.8 Å². The Morgan fingerprint density at radius 1 is 1.12 bits per heavy atom. The number of nitrogens with one attached hydrogen (secondary N) is 2. The van der Waals surface area contributed by atoms with Crippen molar-refractivity contribution in [2.24, 2.45) is 0 Å². The van der Waals surface area contributed by atoms with Crippen molar-refractivity contribution < 1.29 is 34.3 Å². The standard InChI is InChI=1S/C17H23ClN2O2.2ClH/c1-12-3-4-14(9-16(12)18)17-6-5-15(22-17)11-20-8-7-19-10-13(2)21;;/h3-6,9,13,19-21H,7-8,10-11H2,1-2H3;2*1H/p-2. The van der Waals surface area contributed by atoms with E-state index in [9.17, 15) is 0 Å². The lowest BCUT2D eigenvalue weighted by Gasteiger charge is -2.07. The Balaban J connectivity index is 0.00000264. The molecule has 4 nitrogen and oxygen atoms in total. The number of hydrogen-bond donors (Lipinski definition) is 3. The molecule has 0 saturated heterocycles. The fourth-order valence-corrected chi connectivity index (χ4v) is 2.25. The molecule has 2 aromatic rings. The van der Waals surface area contributed by atoms with Gasteiger partial charge in [-0.25, -0.2) is 0 Å². The Labute approximate surface area is 160 Å². The Hall–Kier alpha value is -0.750. The second-order valence-corrected chi connectivity index (χ2v) is 5.87. The number of furan rings is 1. The first-order valence-corrected chi connectivity index (χ1v) is 7.89. The first kappa shape index (κ1) is 23.2. The van der Waals surface area contributed by atoms with Crippen LogP contribution in [0.4, 0.5) is 0 Å². The van der Waals surface area contributed by atoms with Gasteiger partial charge in [0.1, 0.15) is 11.5 Å². The molecule has 1 aromatic carbocycles. The highest BCUT2D eigenvalue weighted by Crippen LogP contribution is 2.26. The zero-order valence-electron chi connectivity index (χ0n) is 13.8. The Morgan fingerprint density at radius 2 is 1.83 bits per heavy atom. The summed E-state index contributed by atoms with van der Waals surface area (Å²) in [6.45, 7) is 6.67.